The molecule has 3 aromatic rings. The summed E-state index contributed by atoms with van der Waals surface area (Å²) in [6, 6.07) is 7.58. The van der Waals surface area contributed by atoms with Crippen LogP contribution in [0.3, 0.4) is 0 Å². The van der Waals surface area contributed by atoms with E-state index >= 15 is 0 Å². The molecule has 5 nitrogen and oxygen atoms in total. The number of nitrogens with two attached hydrogens (primary N) is 1. The van der Waals surface area contributed by atoms with Gasteiger partial charge in [0.25, 0.3) is 0 Å². The Hall–Kier alpha value is -2.40. The van der Waals surface area contributed by atoms with Gasteiger partial charge < -0.3 is 10.5 Å². The first-order valence-corrected chi connectivity index (χ1v) is 7.06. The minimum absolute atomic E-state index is 0.292. The fourth-order valence-electron chi connectivity index (χ4n) is 2.34. The molecular formula is C16H18N4O. The summed E-state index contributed by atoms with van der Waals surface area (Å²) in [4.78, 5) is 4.15. The Morgan fingerprint density at radius 2 is 2.10 bits per heavy atom. The Balaban J connectivity index is 2.00. The van der Waals surface area contributed by atoms with Crippen molar-refractivity contribution in [2.24, 2.45) is 5.73 Å². The van der Waals surface area contributed by atoms with E-state index in [-0.39, 0.29) is 6.04 Å². The minimum Gasteiger partial charge on any atom is -0.493 e. The highest BCUT2D eigenvalue weighted by molar-refractivity contribution is 5.56. The first kappa shape index (κ1) is 13.6. The van der Waals surface area contributed by atoms with Gasteiger partial charge in [-0.3, -0.25) is 4.98 Å². The number of aromatic nitrogens is 3. The van der Waals surface area contributed by atoms with E-state index in [0.717, 1.165) is 28.8 Å². The summed E-state index contributed by atoms with van der Waals surface area (Å²) in [6.07, 6.45) is 8.04. The van der Waals surface area contributed by atoms with Crippen molar-refractivity contribution in [3.05, 3.63) is 60.2 Å². The molecule has 2 heterocycles. The first-order chi connectivity index (χ1) is 10.3. The van der Waals surface area contributed by atoms with Crippen LogP contribution in [0.4, 0.5) is 0 Å². The molecule has 3 rings (SSSR count). The molecule has 5 heteroatoms. The summed E-state index contributed by atoms with van der Waals surface area (Å²) in [5, 5.41) is 4.31. The molecule has 1 unspecified atom stereocenters. The number of benzene rings is 1. The van der Waals surface area contributed by atoms with Gasteiger partial charge in [0, 0.05) is 23.5 Å². The zero-order chi connectivity index (χ0) is 14.7. The highest BCUT2D eigenvalue weighted by atomic mass is 16.5. The Morgan fingerprint density at radius 3 is 2.95 bits per heavy atom. The van der Waals surface area contributed by atoms with E-state index < -0.39 is 0 Å². The molecule has 0 bridgehead atoms. The van der Waals surface area contributed by atoms with Gasteiger partial charge in [-0.1, -0.05) is 25.1 Å². The molecule has 0 aliphatic heterocycles. The van der Waals surface area contributed by atoms with E-state index in [2.05, 4.69) is 17.0 Å². The molecule has 1 atom stereocenters. The topological polar surface area (TPSA) is 65.4 Å². The van der Waals surface area contributed by atoms with Crippen LogP contribution >= 0.6 is 0 Å². The van der Waals surface area contributed by atoms with Gasteiger partial charge in [-0.2, -0.15) is 5.10 Å². The van der Waals surface area contributed by atoms with Crippen molar-refractivity contribution in [2.45, 2.75) is 19.4 Å². The third kappa shape index (κ3) is 2.60. The second kappa shape index (κ2) is 5.93. The third-order valence-electron chi connectivity index (χ3n) is 3.41. The predicted molar refractivity (Wildman–Crippen MR) is 81.2 cm³/mol. The molecule has 2 N–H and O–H groups in total. The minimum atomic E-state index is -0.292. The van der Waals surface area contributed by atoms with E-state index in [1.807, 2.05) is 30.5 Å². The van der Waals surface area contributed by atoms with Crippen molar-refractivity contribution in [3.8, 4) is 5.75 Å². The van der Waals surface area contributed by atoms with Crippen LogP contribution in [-0.2, 0) is 0 Å². The quantitative estimate of drug-likeness (QED) is 0.781. The number of ether oxygens (including phenoxy) is 1. The molecule has 21 heavy (non-hydrogen) atoms. The summed E-state index contributed by atoms with van der Waals surface area (Å²) in [5.41, 5.74) is 9.25. The molecule has 0 aliphatic carbocycles. The summed E-state index contributed by atoms with van der Waals surface area (Å²) in [6.45, 7) is 2.76. The van der Waals surface area contributed by atoms with Crippen LogP contribution in [0.2, 0.25) is 0 Å². The smallest absolute Gasteiger partial charge is 0.124 e. The zero-order valence-corrected chi connectivity index (χ0v) is 11.9. The monoisotopic (exact) mass is 282 g/mol. The van der Waals surface area contributed by atoms with Crippen molar-refractivity contribution in [1.82, 2.24) is 14.6 Å². The number of rotatable bonds is 5. The standard InChI is InChI=1S/C16H18N4O/c1-2-9-21-15-6-4-3-5-12(15)16(17)13-10-19-20-8-7-18-11-14(13)20/h3-8,10-11,16H,2,9,17H2,1H3. The number of hydrogen-bond donors (Lipinski definition) is 1. The molecule has 0 saturated heterocycles. The van der Waals surface area contributed by atoms with Crippen LogP contribution < -0.4 is 10.5 Å². The van der Waals surface area contributed by atoms with Gasteiger partial charge in [0.05, 0.1) is 30.6 Å². The maximum Gasteiger partial charge on any atom is 0.124 e. The van der Waals surface area contributed by atoms with Crippen molar-refractivity contribution in [2.75, 3.05) is 6.61 Å². The van der Waals surface area contributed by atoms with E-state index in [1.165, 1.54) is 0 Å². The molecule has 0 amide bonds. The lowest BCUT2D eigenvalue weighted by atomic mass is 10.0. The zero-order valence-electron chi connectivity index (χ0n) is 11.9. The number of para-hydroxylation sites is 1. The number of nitrogens with zero attached hydrogens (tertiary/aromatic N) is 3. The predicted octanol–water partition coefficient (Wildman–Crippen LogP) is 2.57. The van der Waals surface area contributed by atoms with Crippen LogP contribution in [-0.4, -0.2) is 21.2 Å². The van der Waals surface area contributed by atoms with E-state index in [0.29, 0.717) is 6.61 Å². The average Bonchev–Trinajstić information content (AvgIpc) is 2.96. The highest BCUT2D eigenvalue weighted by Crippen LogP contribution is 2.30. The van der Waals surface area contributed by atoms with Crippen LogP contribution in [0.5, 0.6) is 5.75 Å². The van der Waals surface area contributed by atoms with Crippen molar-refractivity contribution < 1.29 is 4.74 Å². The van der Waals surface area contributed by atoms with Crippen LogP contribution in [0.25, 0.3) is 5.52 Å². The highest BCUT2D eigenvalue weighted by Gasteiger charge is 2.18. The maximum absolute atomic E-state index is 6.44. The molecule has 0 saturated carbocycles. The number of fused-ring (bicyclic) bond motifs is 1. The lowest BCUT2D eigenvalue weighted by molar-refractivity contribution is 0.313. The Kier molecular flexibility index (Phi) is 3.83. The van der Waals surface area contributed by atoms with Gasteiger partial charge in [-0.05, 0) is 12.5 Å². The van der Waals surface area contributed by atoms with Gasteiger partial charge in [-0.25, -0.2) is 4.52 Å². The molecular weight excluding hydrogens is 264 g/mol. The van der Waals surface area contributed by atoms with Crippen LogP contribution in [0, 0.1) is 0 Å². The molecule has 108 valence electrons. The van der Waals surface area contributed by atoms with Crippen LogP contribution in [0.15, 0.2) is 49.1 Å². The fraction of sp³-hybridized carbons (Fsp3) is 0.250. The van der Waals surface area contributed by atoms with Gasteiger partial charge in [0.15, 0.2) is 0 Å². The summed E-state index contributed by atoms with van der Waals surface area (Å²) >= 11 is 0. The molecule has 0 fully saturated rings. The fourth-order valence-corrected chi connectivity index (χ4v) is 2.34. The SMILES string of the molecule is CCCOc1ccccc1C(N)c1cnn2ccncc12. The van der Waals surface area contributed by atoms with E-state index in [9.17, 15) is 0 Å². The van der Waals surface area contributed by atoms with Crippen molar-refractivity contribution >= 4 is 5.52 Å². The summed E-state index contributed by atoms with van der Waals surface area (Å²) in [7, 11) is 0. The molecule has 2 aromatic heterocycles. The average molecular weight is 282 g/mol. The molecule has 0 aliphatic rings. The van der Waals surface area contributed by atoms with Gasteiger partial charge in [-0.15, -0.1) is 0 Å². The maximum atomic E-state index is 6.44. The van der Waals surface area contributed by atoms with Gasteiger partial charge >= 0.3 is 0 Å². The second-order valence-electron chi connectivity index (χ2n) is 4.87. The van der Waals surface area contributed by atoms with Gasteiger partial charge in [0.2, 0.25) is 0 Å². The van der Waals surface area contributed by atoms with E-state index in [1.54, 1.807) is 23.1 Å². The lowest BCUT2D eigenvalue weighted by Crippen LogP contribution is -2.13. The van der Waals surface area contributed by atoms with E-state index in [4.69, 9.17) is 10.5 Å². The normalized spacial score (nSPS) is 12.5. The first-order valence-electron chi connectivity index (χ1n) is 7.06. The Bertz CT molecular complexity index is 738. The number of hydrogen-bond acceptors (Lipinski definition) is 4. The van der Waals surface area contributed by atoms with Crippen LogP contribution in [0.1, 0.15) is 30.5 Å². The lowest BCUT2D eigenvalue weighted by Gasteiger charge is -2.16. The van der Waals surface area contributed by atoms with Gasteiger partial charge in [0.1, 0.15) is 5.75 Å². The second-order valence-corrected chi connectivity index (χ2v) is 4.87. The largest absolute Gasteiger partial charge is 0.493 e. The summed E-state index contributed by atoms with van der Waals surface area (Å²) in [5.74, 6) is 0.829. The van der Waals surface area contributed by atoms with Crippen molar-refractivity contribution in [3.63, 3.8) is 0 Å². The Morgan fingerprint density at radius 1 is 1.24 bits per heavy atom. The Labute approximate surface area is 123 Å². The van der Waals surface area contributed by atoms with Crippen molar-refractivity contribution in [1.29, 1.82) is 0 Å². The molecule has 0 radical (unpaired) electrons. The third-order valence-corrected chi connectivity index (χ3v) is 3.41. The summed E-state index contributed by atoms with van der Waals surface area (Å²) < 4.78 is 7.57. The molecule has 0 spiro atoms. The molecule has 1 aromatic carbocycles.